The van der Waals surface area contributed by atoms with Crippen molar-refractivity contribution in [1.29, 1.82) is 0 Å². The van der Waals surface area contributed by atoms with Crippen molar-refractivity contribution in [2.75, 3.05) is 6.61 Å². The van der Waals surface area contributed by atoms with Gasteiger partial charge < -0.3 is 5.11 Å². The number of pyridine rings is 1. The van der Waals surface area contributed by atoms with Crippen molar-refractivity contribution in [2.45, 2.75) is 12.8 Å². The molecule has 2 heterocycles. The number of aromatic nitrogens is 3. The lowest BCUT2D eigenvalue weighted by Gasteiger charge is -2.03. The number of benzene rings is 1. The molecule has 0 saturated heterocycles. The van der Waals surface area contributed by atoms with Gasteiger partial charge in [0.1, 0.15) is 5.15 Å². The Morgan fingerprint density at radius 2 is 2.14 bits per heavy atom. The molecule has 2 aromatic heterocycles. The van der Waals surface area contributed by atoms with Crippen LogP contribution in [0.2, 0.25) is 5.15 Å². The van der Waals surface area contributed by atoms with Gasteiger partial charge in [-0.3, -0.25) is 5.10 Å². The first-order valence-electron chi connectivity index (χ1n) is 7.18. The van der Waals surface area contributed by atoms with Crippen molar-refractivity contribution < 1.29 is 5.11 Å². The molecule has 3 aromatic rings. The lowest BCUT2D eigenvalue weighted by molar-refractivity contribution is 0.299. The van der Waals surface area contributed by atoms with Gasteiger partial charge in [0.15, 0.2) is 0 Å². The zero-order chi connectivity index (χ0) is 15.1. The van der Waals surface area contributed by atoms with E-state index in [2.05, 4.69) is 33.4 Å². The van der Waals surface area contributed by atoms with Crippen LogP contribution >= 0.6 is 11.6 Å². The number of hydrogen-bond donors (Lipinski definition) is 2. The van der Waals surface area contributed by atoms with Crippen LogP contribution in [0.5, 0.6) is 0 Å². The summed E-state index contributed by atoms with van der Waals surface area (Å²) >= 11 is 5.85. The van der Waals surface area contributed by atoms with Crippen molar-refractivity contribution in [1.82, 2.24) is 15.2 Å². The normalized spacial score (nSPS) is 12.3. The van der Waals surface area contributed by atoms with E-state index in [0.29, 0.717) is 11.6 Å². The molecule has 0 amide bonds. The molecule has 2 N–H and O–H groups in total. The molecule has 4 nitrogen and oxygen atoms in total. The number of aromatic amines is 1. The van der Waals surface area contributed by atoms with E-state index in [9.17, 15) is 0 Å². The fourth-order valence-corrected chi connectivity index (χ4v) is 3.14. The summed E-state index contributed by atoms with van der Waals surface area (Å²) in [6, 6.07) is 10.1. The number of aliphatic hydroxyl groups is 1. The maximum Gasteiger partial charge on any atom is 0.129 e. The highest BCUT2D eigenvalue weighted by molar-refractivity contribution is 6.29. The summed E-state index contributed by atoms with van der Waals surface area (Å²) in [6.45, 7) is 0.174. The Balaban J connectivity index is 1.75. The number of halogens is 1. The second-order valence-corrected chi connectivity index (χ2v) is 5.82. The second kappa shape index (κ2) is 5.23. The molecular weight excluding hydrogens is 298 g/mol. The lowest BCUT2D eigenvalue weighted by atomic mass is 10.0. The molecular formula is C17H14ClN3O. The minimum atomic E-state index is 0.174. The van der Waals surface area contributed by atoms with Crippen LogP contribution in [0.3, 0.4) is 0 Å². The Morgan fingerprint density at radius 1 is 1.23 bits per heavy atom. The van der Waals surface area contributed by atoms with Gasteiger partial charge in [0.05, 0.1) is 11.4 Å². The molecule has 0 spiro atoms. The predicted molar refractivity (Wildman–Crippen MR) is 85.9 cm³/mol. The van der Waals surface area contributed by atoms with Crippen molar-refractivity contribution in [3.63, 3.8) is 0 Å². The number of rotatable bonds is 3. The van der Waals surface area contributed by atoms with Crippen LogP contribution in [0, 0.1) is 0 Å². The third-order valence-electron chi connectivity index (χ3n) is 4.07. The van der Waals surface area contributed by atoms with Crippen LogP contribution in [0.25, 0.3) is 22.5 Å². The minimum absolute atomic E-state index is 0.174. The Morgan fingerprint density at radius 3 is 2.91 bits per heavy atom. The van der Waals surface area contributed by atoms with Crippen molar-refractivity contribution in [3.05, 3.63) is 58.4 Å². The van der Waals surface area contributed by atoms with Gasteiger partial charge in [-0.05, 0) is 29.7 Å². The molecule has 110 valence electrons. The zero-order valence-corrected chi connectivity index (χ0v) is 12.6. The SMILES string of the molecule is OCCc1ccc2c(c1)Cc1c(-c3ccc(Cl)nc3)n[nH]c1-2. The topological polar surface area (TPSA) is 61.8 Å². The van der Waals surface area contributed by atoms with Crippen molar-refractivity contribution in [3.8, 4) is 22.5 Å². The van der Waals surface area contributed by atoms with E-state index in [0.717, 1.165) is 28.9 Å². The quantitative estimate of drug-likeness (QED) is 0.571. The average molecular weight is 312 g/mol. The molecule has 0 fully saturated rings. The number of nitrogens with zero attached hydrogens (tertiary/aromatic N) is 2. The zero-order valence-electron chi connectivity index (χ0n) is 11.8. The van der Waals surface area contributed by atoms with E-state index in [1.54, 1.807) is 12.3 Å². The smallest absolute Gasteiger partial charge is 0.129 e. The molecule has 0 saturated carbocycles. The largest absolute Gasteiger partial charge is 0.396 e. The van der Waals surface area contributed by atoms with Crippen LogP contribution in [0.15, 0.2) is 36.5 Å². The van der Waals surface area contributed by atoms with Crippen LogP contribution in [0.1, 0.15) is 16.7 Å². The van der Waals surface area contributed by atoms with Crippen LogP contribution in [-0.2, 0) is 12.8 Å². The predicted octanol–water partition coefficient (Wildman–Crippen LogP) is 3.23. The summed E-state index contributed by atoms with van der Waals surface area (Å²) in [5.41, 5.74) is 7.80. The average Bonchev–Trinajstić information content (AvgIpc) is 3.07. The summed E-state index contributed by atoms with van der Waals surface area (Å²) < 4.78 is 0. The number of H-pyrrole nitrogens is 1. The Kier molecular flexibility index (Phi) is 3.21. The van der Waals surface area contributed by atoms with Gasteiger partial charge in [-0.15, -0.1) is 0 Å². The van der Waals surface area contributed by atoms with Gasteiger partial charge in [0, 0.05) is 35.9 Å². The van der Waals surface area contributed by atoms with Crippen LogP contribution in [-0.4, -0.2) is 26.9 Å². The van der Waals surface area contributed by atoms with E-state index >= 15 is 0 Å². The monoisotopic (exact) mass is 311 g/mol. The number of aliphatic hydroxyl groups excluding tert-OH is 1. The van der Waals surface area contributed by atoms with E-state index in [1.807, 2.05) is 6.07 Å². The van der Waals surface area contributed by atoms with Crippen LogP contribution < -0.4 is 0 Å². The highest BCUT2D eigenvalue weighted by Gasteiger charge is 2.25. The van der Waals surface area contributed by atoms with Gasteiger partial charge >= 0.3 is 0 Å². The van der Waals surface area contributed by atoms with Crippen molar-refractivity contribution >= 4 is 11.6 Å². The maximum atomic E-state index is 9.08. The van der Waals surface area contributed by atoms with E-state index in [4.69, 9.17) is 16.7 Å². The molecule has 0 unspecified atom stereocenters. The fourth-order valence-electron chi connectivity index (χ4n) is 3.03. The molecule has 5 heteroatoms. The van der Waals surface area contributed by atoms with Gasteiger partial charge in [-0.1, -0.05) is 29.8 Å². The number of fused-ring (bicyclic) bond motifs is 3. The fraction of sp³-hybridized carbons (Fsp3) is 0.176. The Bertz CT molecular complexity index is 840. The standard InChI is InChI=1S/C17H14ClN3O/c18-15-4-2-11(9-19-15)16-14-8-12-7-10(5-6-22)1-3-13(12)17(14)21-20-16/h1-4,7,9,22H,5-6,8H2,(H,20,21). The first-order valence-corrected chi connectivity index (χ1v) is 7.56. The minimum Gasteiger partial charge on any atom is -0.396 e. The highest BCUT2D eigenvalue weighted by Crippen LogP contribution is 2.40. The summed E-state index contributed by atoms with van der Waals surface area (Å²) in [4.78, 5) is 4.13. The molecule has 0 atom stereocenters. The van der Waals surface area contributed by atoms with Gasteiger partial charge in [-0.25, -0.2) is 4.98 Å². The van der Waals surface area contributed by atoms with Crippen molar-refractivity contribution in [2.24, 2.45) is 0 Å². The molecule has 1 aromatic carbocycles. The highest BCUT2D eigenvalue weighted by atomic mass is 35.5. The molecule has 22 heavy (non-hydrogen) atoms. The first kappa shape index (κ1) is 13.5. The second-order valence-electron chi connectivity index (χ2n) is 5.44. The third-order valence-corrected chi connectivity index (χ3v) is 4.30. The summed E-state index contributed by atoms with van der Waals surface area (Å²) in [6.07, 6.45) is 3.28. The molecule has 4 rings (SSSR count). The van der Waals surface area contributed by atoms with E-state index in [1.165, 1.54) is 16.7 Å². The summed E-state index contributed by atoms with van der Waals surface area (Å²) in [5.74, 6) is 0. The van der Waals surface area contributed by atoms with Gasteiger partial charge in [0.25, 0.3) is 0 Å². The summed E-state index contributed by atoms with van der Waals surface area (Å²) in [7, 11) is 0. The van der Waals surface area contributed by atoms with Crippen LogP contribution in [0.4, 0.5) is 0 Å². The Labute approximate surface area is 132 Å². The third kappa shape index (κ3) is 2.12. The summed E-state index contributed by atoms with van der Waals surface area (Å²) in [5, 5.41) is 17.2. The molecule has 1 aliphatic rings. The molecule has 0 radical (unpaired) electrons. The van der Waals surface area contributed by atoms with E-state index < -0.39 is 0 Å². The van der Waals surface area contributed by atoms with E-state index in [-0.39, 0.29) is 6.61 Å². The molecule has 0 aliphatic heterocycles. The maximum absolute atomic E-state index is 9.08. The molecule has 1 aliphatic carbocycles. The molecule has 0 bridgehead atoms. The van der Waals surface area contributed by atoms with Gasteiger partial charge in [-0.2, -0.15) is 5.10 Å². The number of hydrogen-bond acceptors (Lipinski definition) is 3. The number of nitrogens with one attached hydrogen (secondary N) is 1. The van der Waals surface area contributed by atoms with Gasteiger partial charge in [0.2, 0.25) is 0 Å². The first-order chi connectivity index (χ1) is 10.8. The lowest BCUT2D eigenvalue weighted by Crippen LogP contribution is -1.93. The Hall–Kier alpha value is -2.17.